The van der Waals surface area contributed by atoms with E-state index in [-0.39, 0.29) is 11.7 Å². The Hall–Kier alpha value is -2.87. The van der Waals surface area contributed by atoms with E-state index in [0.717, 1.165) is 5.76 Å². The molecule has 134 valence electrons. The Morgan fingerprint density at radius 3 is 2.81 bits per heavy atom. The molecular weight excluding hydrogens is 352 g/mol. The molecule has 2 aromatic heterocycles. The number of carbonyl (C=O) groups excluding carboxylic acids is 2. The number of amides is 1. The van der Waals surface area contributed by atoms with Crippen molar-refractivity contribution < 1.29 is 14.0 Å². The van der Waals surface area contributed by atoms with Crippen LogP contribution in [0.1, 0.15) is 30.0 Å². The summed E-state index contributed by atoms with van der Waals surface area (Å²) in [6, 6.07) is 10.6. The van der Waals surface area contributed by atoms with E-state index in [9.17, 15) is 9.59 Å². The molecule has 7 nitrogen and oxygen atoms in total. The number of aromatic nitrogens is 3. The SMILES string of the molecule is CC(=O)c1ccccc1NC(=O)C(C)Sc1nncn1Cc1ccco1. The number of benzene rings is 1. The molecule has 1 amide bonds. The summed E-state index contributed by atoms with van der Waals surface area (Å²) < 4.78 is 7.15. The zero-order chi connectivity index (χ0) is 18.5. The number of anilines is 1. The lowest BCUT2D eigenvalue weighted by Gasteiger charge is -2.13. The van der Waals surface area contributed by atoms with Crippen molar-refractivity contribution in [2.75, 3.05) is 5.32 Å². The van der Waals surface area contributed by atoms with E-state index in [1.807, 2.05) is 16.7 Å². The fraction of sp³-hybridized carbons (Fsp3) is 0.222. The Labute approximate surface area is 154 Å². The van der Waals surface area contributed by atoms with Gasteiger partial charge < -0.3 is 14.3 Å². The van der Waals surface area contributed by atoms with E-state index in [4.69, 9.17) is 4.42 Å². The predicted octanol–water partition coefficient (Wildman–Crippen LogP) is 3.24. The number of furan rings is 1. The zero-order valence-corrected chi connectivity index (χ0v) is 15.2. The van der Waals surface area contributed by atoms with Gasteiger partial charge in [0, 0.05) is 5.56 Å². The molecule has 26 heavy (non-hydrogen) atoms. The number of nitrogens with one attached hydrogen (secondary N) is 1. The molecule has 1 aromatic carbocycles. The highest BCUT2D eigenvalue weighted by Gasteiger charge is 2.20. The van der Waals surface area contributed by atoms with Crippen LogP contribution in [0.4, 0.5) is 5.69 Å². The summed E-state index contributed by atoms with van der Waals surface area (Å²) in [5.41, 5.74) is 0.994. The first kappa shape index (κ1) is 17.9. The van der Waals surface area contributed by atoms with E-state index >= 15 is 0 Å². The monoisotopic (exact) mass is 370 g/mol. The minimum atomic E-state index is -0.422. The van der Waals surface area contributed by atoms with Gasteiger partial charge in [0.1, 0.15) is 12.1 Å². The molecule has 0 aliphatic heterocycles. The maximum Gasteiger partial charge on any atom is 0.237 e. The smallest absolute Gasteiger partial charge is 0.237 e. The molecule has 0 aliphatic carbocycles. The Bertz CT molecular complexity index is 905. The molecule has 1 unspecified atom stereocenters. The minimum Gasteiger partial charge on any atom is -0.467 e. The van der Waals surface area contributed by atoms with Crippen LogP contribution in [0.3, 0.4) is 0 Å². The van der Waals surface area contributed by atoms with Crippen LogP contribution in [0.25, 0.3) is 0 Å². The van der Waals surface area contributed by atoms with Crippen molar-refractivity contribution in [1.82, 2.24) is 14.8 Å². The molecule has 0 radical (unpaired) electrons. The molecule has 3 rings (SSSR count). The molecule has 0 spiro atoms. The summed E-state index contributed by atoms with van der Waals surface area (Å²) in [6.45, 7) is 3.74. The van der Waals surface area contributed by atoms with Crippen LogP contribution in [0.15, 0.2) is 58.6 Å². The molecule has 0 aliphatic rings. The van der Waals surface area contributed by atoms with Crippen LogP contribution in [0.2, 0.25) is 0 Å². The van der Waals surface area contributed by atoms with Gasteiger partial charge in [-0.1, -0.05) is 23.9 Å². The van der Waals surface area contributed by atoms with Crippen LogP contribution in [-0.4, -0.2) is 31.7 Å². The molecule has 0 saturated carbocycles. The van der Waals surface area contributed by atoms with E-state index in [2.05, 4.69) is 15.5 Å². The standard InChI is InChI=1S/C18H18N4O3S/c1-12(23)15-7-3-4-8-16(15)20-17(24)13(2)26-18-21-19-11-22(18)10-14-6-5-9-25-14/h3-9,11,13H,10H2,1-2H3,(H,20,24). The maximum absolute atomic E-state index is 12.5. The molecule has 0 fully saturated rings. The Morgan fingerprint density at radius 1 is 1.27 bits per heavy atom. The van der Waals surface area contributed by atoms with Crippen molar-refractivity contribution >= 4 is 29.1 Å². The number of Topliss-reactive ketones (excluding diaryl/α,β-unsaturated/α-hetero) is 1. The van der Waals surface area contributed by atoms with Gasteiger partial charge in [-0.25, -0.2) is 0 Å². The number of para-hydroxylation sites is 1. The fourth-order valence-electron chi connectivity index (χ4n) is 2.36. The second kappa shape index (κ2) is 8.01. The highest BCUT2D eigenvalue weighted by atomic mass is 32.2. The number of thioether (sulfide) groups is 1. The third-order valence-corrected chi connectivity index (χ3v) is 4.80. The first-order valence-corrected chi connectivity index (χ1v) is 8.90. The normalized spacial score (nSPS) is 11.9. The lowest BCUT2D eigenvalue weighted by Crippen LogP contribution is -2.24. The van der Waals surface area contributed by atoms with Crippen LogP contribution >= 0.6 is 11.8 Å². The average Bonchev–Trinajstić information content (AvgIpc) is 3.28. The van der Waals surface area contributed by atoms with Gasteiger partial charge in [-0.05, 0) is 38.1 Å². The minimum absolute atomic E-state index is 0.0978. The van der Waals surface area contributed by atoms with Gasteiger partial charge in [0.2, 0.25) is 5.91 Å². The maximum atomic E-state index is 12.5. The Morgan fingerprint density at radius 2 is 2.08 bits per heavy atom. The lowest BCUT2D eigenvalue weighted by molar-refractivity contribution is -0.115. The van der Waals surface area contributed by atoms with Crippen LogP contribution in [-0.2, 0) is 11.3 Å². The van der Waals surface area contributed by atoms with Crippen LogP contribution in [0, 0.1) is 0 Å². The molecule has 2 heterocycles. The number of hydrogen-bond donors (Lipinski definition) is 1. The molecule has 0 bridgehead atoms. The second-order valence-electron chi connectivity index (χ2n) is 5.67. The van der Waals surface area contributed by atoms with Gasteiger partial charge in [-0.3, -0.25) is 9.59 Å². The third kappa shape index (κ3) is 4.20. The summed E-state index contributed by atoms with van der Waals surface area (Å²) in [6.07, 6.45) is 3.20. The van der Waals surface area contributed by atoms with Crippen molar-refractivity contribution in [3.63, 3.8) is 0 Å². The second-order valence-corrected chi connectivity index (χ2v) is 6.98. The van der Waals surface area contributed by atoms with E-state index in [1.54, 1.807) is 43.8 Å². The molecular formula is C18H18N4O3S. The first-order chi connectivity index (χ1) is 12.5. The van der Waals surface area contributed by atoms with E-state index < -0.39 is 5.25 Å². The molecule has 3 aromatic rings. The zero-order valence-electron chi connectivity index (χ0n) is 14.4. The van der Waals surface area contributed by atoms with Crippen LogP contribution < -0.4 is 5.32 Å². The van der Waals surface area contributed by atoms with Crippen LogP contribution in [0.5, 0.6) is 0 Å². The summed E-state index contributed by atoms with van der Waals surface area (Å²) in [7, 11) is 0. The third-order valence-electron chi connectivity index (χ3n) is 3.70. The predicted molar refractivity (Wildman–Crippen MR) is 98.2 cm³/mol. The van der Waals surface area contributed by atoms with Crippen molar-refractivity contribution in [3.05, 3.63) is 60.3 Å². The first-order valence-electron chi connectivity index (χ1n) is 8.02. The highest BCUT2D eigenvalue weighted by molar-refractivity contribution is 8.00. The fourth-order valence-corrected chi connectivity index (χ4v) is 3.18. The van der Waals surface area contributed by atoms with Crippen molar-refractivity contribution in [1.29, 1.82) is 0 Å². The number of hydrogen-bond acceptors (Lipinski definition) is 6. The summed E-state index contributed by atoms with van der Waals surface area (Å²) in [4.78, 5) is 24.2. The number of carbonyl (C=O) groups is 2. The van der Waals surface area contributed by atoms with E-state index in [0.29, 0.717) is 23.0 Å². The van der Waals surface area contributed by atoms with Crippen molar-refractivity contribution in [2.45, 2.75) is 30.8 Å². The van der Waals surface area contributed by atoms with E-state index in [1.165, 1.54) is 18.7 Å². The number of ketones is 1. The van der Waals surface area contributed by atoms with Gasteiger partial charge in [0.25, 0.3) is 0 Å². The lowest BCUT2D eigenvalue weighted by atomic mass is 10.1. The summed E-state index contributed by atoms with van der Waals surface area (Å²) >= 11 is 1.29. The van der Waals surface area contributed by atoms with Gasteiger partial charge in [-0.2, -0.15) is 0 Å². The van der Waals surface area contributed by atoms with Gasteiger partial charge >= 0.3 is 0 Å². The Balaban J connectivity index is 1.67. The largest absolute Gasteiger partial charge is 0.467 e. The van der Waals surface area contributed by atoms with Crippen molar-refractivity contribution in [3.8, 4) is 0 Å². The average molecular weight is 370 g/mol. The highest BCUT2D eigenvalue weighted by Crippen LogP contribution is 2.24. The quantitative estimate of drug-likeness (QED) is 0.507. The molecule has 8 heteroatoms. The number of nitrogens with zero attached hydrogens (tertiary/aromatic N) is 3. The van der Waals surface area contributed by atoms with Gasteiger partial charge in [0.05, 0.1) is 23.7 Å². The van der Waals surface area contributed by atoms with Crippen molar-refractivity contribution in [2.24, 2.45) is 0 Å². The Kier molecular flexibility index (Phi) is 5.52. The molecule has 1 N–H and O–H groups in total. The molecule has 0 saturated heterocycles. The van der Waals surface area contributed by atoms with Gasteiger partial charge in [-0.15, -0.1) is 10.2 Å². The molecule has 1 atom stereocenters. The van der Waals surface area contributed by atoms with Gasteiger partial charge in [0.15, 0.2) is 10.9 Å². The summed E-state index contributed by atoms with van der Waals surface area (Å²) in [5.74, 6) is 0.467. The number of rotatable bonds is 7. The summed E-state index contributed by atoms with van der Waals surface area (Å²) in [5, 5.41) is 11.0. The topological polar surface area (TPSA) is 90.0 Å².